The van der Waals surface area contributed by atoms with Crippen molar-refractivity contribution in [3.05, 3.63) is 90.3 Å². The van der Waals surface area contributed by atoms with E-state index in [2.05, 4.69) is 37.2 Å². The van der Waals surface area contributed by atoms with E-state index in [-0.39, 0.29) is 23.1 Å². The van der Waals surface area contributed by atoms with Gasteiger partial charge in [-0.05, 0) is 67.7 Å². The second-order valence-corrected chi connectivity index (χ2v) is 10.4. The standard InChI is InChI=1S/C23H19F2N5O2S.C6H13N/c1-26-23-28-13-11-17(29-23)16-8-5-12-27-22(16)32-19-10-9-18(20(24)21(19)25)30-33(31)14-15-6-3-2-4-7-15;1-6-3-2-4-7-5-6/h2-13,30H,14H2,1H3,(H,26,28,29);6-7H,2-5H2,1H3. The van der Waals surface area contributed by atoms with Gasteiger partial charge in [0.15, 0.2) is 11.6 Å². The third kappa shape index (κ3) is 8.03. The van der Waals surface area contributed by atoms with Crippen molar-refractivity contribution in [1.29, 1.82) is 0 Å². The molecule has 4 aromatic rings. The third-order valence-corrected chi connectivity index (χ3v) is 7.13. The molecular weight excluding hydrogens is 534 g/mol. The maximum absolute atomic E-state index is 14.8. The van der Waals surface area contributed by atoms with Gasteiger partial charge in [0.25, 0.3) is 0 Å². The van der Waals surface area contributed by atoms with Gasteiger partial charge in [0.2, 0.25) is 17.6 Å². The lowest BCUT2D eigenvalue weighted by Gasteiger charge is -2.17. The fourth-order valence-corrected chi connectivity index (χ4v) is 4.97. The van der Waals surface area contributed by atoms with E-state index >= 15 is 0 Å². The summed E-state index contributed by atoms with van der Waals surface area (Å²) in [7, 11) is 0.0341. The highest BCUT2D eigenvalue weighted by molar-refractivity contribution is 7.85. The van der Waals surface area contributed by atoms with Crippen LogP contribution in [0.15, 0.2) is 73.1 Å². The number of hydrogen-bond acceptors (Lipinski definition) is 7. The molecule has 2 aromatic carbocycles. The van der Waals surface area contributed by atoms with Crippen LogP contribution in [0.2, 0.25) is 0 Å². The van der Waals surface area contributed by atoms with Crippen LogP contribution in [0.25, 0.3) is 11.3 Å². The van der Waals surface area contributed by atoms with E-state index in [9.17, 15) is 13.0 Å². The maximum Gasteiger partial charge on any atom is 0.228 e. The second kappa shape index (κ2) is 14.4. The molecule has 1 aliphatic rings. The summed E-state index contributed by atoms with van der Waals surface area (Å²) in [6, 6.07) is 16.6. The summed E-state index contributed by atoms with van der Waals surface area (Å²) in [6.45, 7) is 4.77. The zero-order chi connectivity index (χ0) is 28.3. The molecule has 2 unspecified atom stereocenters. The first-order valence-corrected chi connectivity index (χ1v) is 14.3. The van der Waals surface area contributed by atoms with Gasteiger partial charge in [0.1, 0.15) is 11.0 Å². The van der Waals surface area contributed by atoms with Crippen LogP contribution in [0.3, 0.4) is 0 Å². The van der Waals surface area contributed by atoms with Crippen molar-refractivity contribution >= 4 is 22.6 Å². The third-order valence-electron chi connectivity index (χ3n) is 6.09. The number of halogens is 2. The number of anilines is 2. The van der Waals surface area contributed by atoms with Crippen molar-refractivity contribution < 1.29 is 17.7 Å². The minimum absolute atomic E-state index is 0.0462. The Bertz CT molecular complexity index is 1420. The average Bonchev–Trinajstić information content (AvgIpc) is 2.98. The van der Waals surface area contributed by atoms with E-state index in [1.54, 1.807) is 43.6 Å². The van der Waals surface area contributed by atoms with Crippen LogP contribution in [0.1, 0.15) is 25.3 Å². The molecule has 0 saturated carbocycles. The highest BCUT2D eigenvalue weighted by Crippen LogP contribution is 2.34. The molecule has 1 aliphatic heterocycles. The highest BCUT2D eigenvalue weighted by atomic mass is 32.2. The summed E-state index contributed by atoms with van der Waals surface area (Å²) in [6.07, 6.45) is 5.82. The van der Waals surface area contributed by atoms with Crippen LogP contribution >= 0.6 is 0 Å². The average molecular weight is 567 g/mol. The molecule has 0 amide bonds. The number of benzene rings is 2. The highest BCUT2D eigenvalue weighted by Gasteiger charge is 2.19. The van der Waals surface area contributed by atoms with Crippen molar-refractivity contribution in [2.45, 2.75) is 25.5 Å². The first-order chi connectivity index (χ1) is 19.4. The van der Waals surface area contributed by atoms with Gasteiger partial charge < -0.3 is 20.1 Å². The van der Waals surface area contributed by atoms with E-state index in [1.807, 2.05) is 18.2 Å². The minimum atomic E-state index is -1.65. The molecule has 1 fully saturated rings. The first-order valence-electron chi connectivity index (χ1n) is 13.0. The lowest BCUT2D eigenvalue weighted by molar-refractivity contribution is 0.405. The molecule has 2 aromatic heterocycles. The molecule has 210 valence electrons. The van der Waals surface area contributed by atoms with Crippen LogP contribution in [0.5, 0.6) is 11.6 Å². The predicted octanol–water partition coefficient (Wildman–Crippen LogP) is 5.93. The summed E-state index contributed by atoms with van der Waals surface area (Å²) in [5.74, 6) is -1.30. The summed E-state index contributed by atoms with van der Waals surface area (Å²) in [5.41, 5.74) is 1.54. The molecule has 1 saturated heterocycles. The molecule has 11 heteroatoms. The van der Waals surface area contributed by atoms with Crippen molar-refractivity contribution in [2.75, 3.05) is 30.2 Å². The Balaban J connectivity index is 0.000000461. The number of nitrogens with one attached hydrogen (secondary N) is 3. The molecule has 0 spiro atoms. The zero-order valence-electron chi connectivity index (χ0n) is 22.4. The quantitative estimate of drug-likeness (QED) is 0.243. The summed E-state index contributed by atoms with van der Waals surface area (Å²) < 4.78 is 49.9. The van der Waals surface area contributed by atoms with Gasteiger partial charge in [-0.15, -0.1) is 0 Å². The number of rotatable bonds is 8. The Morgan fingerprint density at radius 3 is 2.55 bits per heavy atom. The molecule has 2 atom stereocenters. The van der Waals surface area contributed by atoms with E-state index < -0.39 is 22.6 Å². The largest absolute Gasteiger partial charge is 0.435 e. The summed E-state index contributed by atoms with van der Waals surface area (Å²) >= 11 is 0. The van der Waals surface area contributed by atoms with Gasteiger partial charge in [-0.1, -0.05) is 37.3 Å². The zero-order valence-corrected chi connectivity index (χ0v) is 23.2. The Morgan fingerprint density at radius 2 is 1.85 bits per heavy atom. The number of nitrogens with zero attached hydrogens (tertiary/aromatic N) is 3. The Morgan fingerprint density at radius 1 is 1.02 bits per heavy atom. The van der Waals surface area contributed by atoms with Crippen LogP contribution in [0.4, 0.5) is 20.4 Å². The van der Waals surface area contributed by atoms with Gasteiger partial charge in [-0.2, -0.15) is 4.39 Å². The smallest absolute Gasteiger partial charge is 0.228 e. The van der Waals surface area contributed by atoms with Gasteiger partial charge in [-0.25, -0.2) is 23.6 Å². The van der Waals surface area contributed by atoms with E-state index in [4.69, 9.17) is 4.74 Å². The molecule has 0 aliphatic carbocycles. The van der Waals surface area contributed by atoms with E-state index in [1.165, 1.54) is 44.3 Å². The summed E-state index contributed by atoms with van der Waals surface area (Å²) in [5, 5.41) is 6.17. The first kappa shape index (κ1) is 29.0. The van der Waals surface area contributed by atoms with Crippen LogP contribution in [0, 0.1) is 17.6 Å². The Labute approximate surface area is 235 Å². The molecule has 5 rings (SSSR count). The number of hydrogen-bond donors (Lipinski definition) is 3. The van der Waals surface area contributed by atoms with Crippen LogP contribution in [-0.2, 0) is 16.7 Å². The lowest BCUT2D eigenvalue weighted by Crippen LogP contribution is -2.27. The minimum Gasteiger partial charge on any atom is -0.435 e. The molecule has 0 radical (unpaired) electrons. The monoisotopic (exact) mass is 566 g/mol. The normalized spacial score (nSPS) is 15.3. The fraction of sp³-hybridized carbons (Fsp3) is 0.276. The molecule has 40 heavy (non-hydrogen) atoms. The lowest BCUT2D eigenvalue weighted by atomic mass is 10.0. The second-order valence-electron chi connectivity index (χ2n) is 9.24. The van der Waals surface area contributed by atoms with Crippen LogP contribution < -0.4 is 20.1 Å². The number of pyridine rings is 1. The van der Waals surface area contributed by atoms with Gasteiger partial charge in [0.05, 0.1) is 22.7 Å². The topological polar surface area (TPSA) is 101 Å². The predicted molar refractivity (Wildman–Crippen MR) is 154 cm³/mol. The maximum atomic E-state index is 14.8. The Hall–Kier alpha value is -3.96. The molecular formula is C29H32F2N6O2S. The SMILES string of the molecule is CC1CCCNC1.CNc1nccc(-c2cccnc2Oc2ccc(NS(=O)Cc3ccccc3)c(F)c2F)n1. The number of aromatic nitrogens is 3. The summed E-state index contributed by atoms with van der Waals surface area (Å²) in [4.78, 5) is 12.5. The molecule has 8 nitrogen and oxygen atoms in total. The van der Waals surface area contributed by atoms with E-state index in [0.29, 0.717) is 17.2 Å². The van der Waals surface area contributed by atoms with Crippen LogP contribution in [-0.4, -0.2) is 39.3 Å². The number of ether oxygens (including phenoxy) is 1. The van der Waals surface area contributed by atoms with Gasteiger partial charge in [-0.3, -0.25) is 0 Å². The fourth-order valence-electron chi connectivity index (χ4n) is 4.00. The molecule has 3 heterocycles. The van der Waals surface area contributed by atoms with Gasteiger partial charge in [0, 0.05) is 19.4 Å². The van der Waals surface area contributed by atoms with Crippen molar-refractivity contribution in [3.63, 3.8) is 0 Å². The Kier molecular flexibility index (Phi) is 10.5. The molecule has 3 N–H and O–H groups in total. The van der Waals surface area contributed by atoms with Crippen molar-refractivity contribution in [2.24, 2.45) is 5.92 Å². The van der Waals surface area contributed by atoms with Crippen molar-refractivity contribution in [3.8, 4) is 22.9 Å². The molecule has 0 bridgehead atoms. The number of piperidine rings is 1. The van der Waals surface area contributed by atoms with Gasteiger partial charge >= 0.3 is 0 Å². The van der Waals surface area contributed by atoms with Crippen molar-refractivity contribution in [1.82, 2.24) is 20.3 Å². The van der Waals surface area contributed by atoms with E-state index in [0.717, 1.165) is 11.5 Å².